The van der Waals surface area contributed by atoms with Gasteiger partial charge in [-0.3, -0.25) is 9.48 Å². The number of thiazole rings is 1. The molecule has 0 saturated heterocycles. The summed E-state index contributed by atoms with van der Waals surface area (Å²) in [5.41, 5.74) is 0.781. The molecule has 0 atom stereocenters. The number of aromatic hydroxyl groups is 1. The summed E-state index contributed by atoms with van der Waals surface area (Å²) >= 11 is 0.977. The van der Waals surface area contributed by atoms with Crippen LogP contribution < -0.4 is 10.6 Å². The maximum atomic E-state index is 12.7. The summed E-state index contributed by atoms with van der Waals surface area (Å²) in [6, 6.07) is 4.08. The number of nitrogens with one attached hydrogen (secondary N) is 2. The van der Waals surface area contributed by atoms with Crippen molar-refractivity contribution >= 4 is 33.9 Å². The van der Waals surface area contributed by atoms with Gasteiger partial charge in [-0.15, -0.1) is 0 Å². The van der Waals surface area contributed by atoms with E-state index >= 15 is 0 Å². The number of halogens is 3. The largest absolute Gasteiger partial charge is 0.508 e. The Bertz CT molecular complexity index is 1040. The SMILES string of the molecule is Cc1ccc(O)c(C)c1NC(=O)c1cnc(Nc2cc(C(F)(F)F)nn2C)s1. The van der Waals surface area contributed by atoms with Crippen LogP contribution in [0.4, 0.5) is 29.8 Å². The molecule has 0 aliphatic heterocycles. The molecule has 0 saturated carbocycles. The van der Waals surface area contributed by atoms with Crippen LogP contribution in [0.2, 0.25) is 0 Å². The number of rotatable bonds is 4. The van der Waals surface area contributed by atoms with Crippen molar-refractivity contribution in [1.29, 1.82) is 0 Å². The topological polar surface area (TPSA) is 92.1 Å². The van der Waals surface area contributed by atoms with Gasteiger partial charge in [-0.25, -0.2) is 4.98 Å². The van der Waals surface area contributed by atoms with E-state index in [0.29, 0.717) is 11.3 Å². The molecule has 3 rings (SSSR count). The Morgan fingerprint density at radius 3 is 2.64 bits per heavy atom. The third-order valence-corrected chi connectivity index (χ3v) is 4.93. The van der Waals surface area contributed by atoms with Gasteiger partial charge in [0.2, 0.25) is 0 Å². The van der Waals surface area contributed by atoms with Crippen molar-refractivity contribution in [2.75, 3.05) is 10.6 Å². The minimum Gasteiger partial charge on any atom is -0.508 e. The lowest BCUT2D eigenvalue weighted by Gasteiger charge is -2.11. The molecule has 0 bridgehead atoms. The van der Waals surface area contributed by atoms with Crippen molar-refractivity contribution in [1.82, 2.24) is 14.8 Å². The average molecular weight is 411 g/mol. The zero-order valence-corrected chi connectivity index (χ0v) is 15.9. The van der Waals surface area contributed by atoms with E-state index in [1.807, 2.05) is 0 Å². The first-order valence-electron chi connectivity index (χ1n) is 8.01. The van der Waals surface area contributed by atoms with E-state index in [1.54, 1.807) is 19.9 Å². The predicted octanol–water partition coefficient (Wildman–Crippen LogP) is 4.21. The number of nitrogens with zero attached hydrogens (tertiary/aromatic N) is 3. The van der Waals surface area contributed by atoms with Crippen molar-refractivity contribution in [3.05, 3.63) is 46.1 Å². The maximum Gasteiger partial charge on any atom is 0.435 e. The number of alkyl halides is 3. The molecule has 3 N–H and O–H groups in total. The minimum absolute atomic E-state index is 0.0595. The summed E-state index contributed by atoms with van der Waals surface area (Å²) in [4.78, 5) is 16.8. The summed E-state index contributed by atoms with van der Waals surface area (Å²) < 4.78 is 39.3. The zero-order valence-electron chi connectivity index (χ0n) is 15.0. The summed E-state index contributed by atoms with van der Waals surface area (Å²) in [6.07, 6.45) is -3.24. The summed E-state index contributed by atoms with van der Waals surface area (Å²) in [5, 5.41) is 18.9. The lowest BCUT2D eigenvalue weighted by molar-refractivity contribution is -0.141. The second kappa shape index (κ2) is 7.15. The highest BCUT2D eigenvalue weighted by molar-refractivity contribution is 7.17. The third kappa shape index (κ3) is 3.93. The molecule has 0 aliphatic carbocycles. The highest BCUT2D eigenvalue weighted by Gasteiger charge is 2.34. The summed E-state index contributed by atoms with van der Waals surface area (Å²) in [6.45, 7) is 3.47. The van der Waals surface area contributed by atoms with Gasteiger partial charge in [-0.2, -0.15) is 18.3 Å². The zero-order chi connectivity index (χ0) is 20.6. The average Bonchev–Trinajstić information content (AvgIpc) is 3.22. The van der Waals surface area contributed by atoms with Crippen molar-refractivity contribution in [3.63, 3.8) is 0 Å². The summed E-state index contributed by atoms with van der Waals surface area (Å²) in [5.74, 6) is -0.291. The van der Waals surface area contributed by atoms with E-state index in [0.717, 1.165) is 27.6 Å². The number of phenolic OH excluding ortho intramolecular Hbond substituents is 1. The number of hydrogen-bond donors (Lipinski definition) is 3. The van der Waals surface area contributed by atoms with Gasteiger partial charge in [0.05, 0.1) is 11.9 Å². The van der Waals surface area contributed by atoms with Gasteiger partial charge in [0.15, 0.2) is 10.8 Å². The van der Waals surface area contributed by atoms with Crippen LogP contribution in [0.1, 0.15) is 26.5 Å². The molecule has 0 radical (unpaired) electrons. The van der Waals surface area contributed by atoms with Crippen LogP contribution in [0.3, 0.4) is 0 Å². The Morgan fingerprint density at radius 1 is 1.29 bits per heavy atom. The van der Waals surface area contributed by atoms with Gasteiger partial charge in [-0.05, 0) is 25.5 Å². The fourth-order valence-electron chi connectivity index (χ4n) is 2.47. The van der Waals surface area contributed by atoms with E-state index in [1.165, 1.54) is 19.3 Å². The molecular weight excluding hydrogens is 395 g/mol. The molecule has 1 amide bonds. The summed E-state index contributed by atoms with van der Waals surface area (Å²) in [7, 11) is 1.37. The smallest absolute Gasteiger partial charge is 0.435 e. The molecule has 28 heavy (non-hydrogen) atoms. The molecule has 2 aromatic heterocycles. The van der Waals surface area contributed by atoms with E-state index in [4.69, 9.17) is 0 Å². The predicted molar refractivity (Wildman–Crippen MR) is 99.1 cm³/mol. The number of anilines is 3. The van der Waals surface area contributed by atoms with E-state index < -0.39 is 17.8 Å². The molecule has 0 aliphatic rings. The van der Waals surface area contributed by atoms with Gasteiger partial charge >= 0.3 is 6.18 Å². The number of hydrogen-bond acceptors (Lipinski definition) is 6. The van der Waals surface area contributed by atoms with Crippen LogP contribution in [0, 0.1) is 13.8 Å². The van der Waals surface area contributed by atoms with Crippen LogP contribution in [-0.2, 0) is 13.2 Å². The molecule has 148 valence electrons. The first kappa shape index (κ1) is 19.7. The molecule has 7 nitrogen and oxygen atoms in total. The molecular formula is C17H16F3N5O2S. The number of phenols is 1. The fraction of sp³-hybridized carbons (Fsp3) is 0.235. The standard InChI is InChI=1S/C17H16F3N5O2S/c1-8-4-5-10(26)9(2)14(8)23-15(27)11-7-21-16(28-11)22-13-6-12(17(18,19)20)24-25(13)3/h4-7,26H,1-3H3,(H,21,22)(H,23,27). The Morgan fingerprint density at radius 2 is 2.00 bits per heavy atom. The number of amides is 1. The first-order valence-corrected chi connectivity index (χ1v) is 8.82. The Hall–Kier alpha value is -3.08. The third-order valence-electron chi connectivity index (χ3n) is 4.02. The molecule has 0 spiro atoms. The Kier molecular flexibility index (Phi) is 5.02. The van der Waals surface area contributed by atoms with Crippen molar-refractivity contribution < 1.29 is 23.1 Å². The van der Waals surface area contributed by atoms with Crippen LogP contribution in [-0.4, -0.2) is 25.8 Å². The highest BCUT2D eigenvalue weighted by Crippen LogP contribution is 2.32. The van der Waals surface area contributed by atoms with E-state index in [9.17, 15) is 23.1 Å². The molecule has 3 aromatic rings. The molecule has 2 heterocycles. The Labute approximate surface area is 161 Å². The number of carbonyl (C=O) groups excluding carboxylic acids is 1. The second-order valence-corrected chi connectivity index (χ2v) is 7.08. The number of aromatic nitrogens is 3. The fourth-order valence-corrected chi connectivity index (χ4v) is 3.19. The van der Waals surface area contributed by atoms with Gasteiger partial charge in [0.1, 0.15) is 16.4 Å². The van der Waals surface area contributed by atoms with Gasteiger partial charge in [0.25, 0.3) is 5.91 Å². The maximum absolute atomic E-state index is 12.7. The normalized spacial score (nSPS) is 11.5. The van der Waals surface area contributed by atoms with Crippen LogP contribution in [0.25, 0.3) is 0 Å². The number of benzene rings is 1. The molecule has 1 aromatic carbocycles. The second-order valence-electron chi connectivity index (χ2n) is 6.05. The van der Waals surface area contributed by atoms with Crippen LogP contribution >= 0.6 is 11.3 Å². The Balaban J connectivity index is 1.77. The minimum atomic E-state index is -4.55. The number of carbonyl (C=O) groups is 1. The first-order chi connectivity index (χ1) is 13.1. The van der Waals surface area contributed by atoms with Crippen molar-refractivity contribution in [3.8, 4) is 5.75 Å². The van der Waals surface area contributed by atoms with Crippen molar-refractivity contribution in [2.24, 2.45) is 7.05 Å². The molecule has 0 fully saturated rings. The van der Waals surface area contributed by atoms with E-state index in [2.05, 4.69) is 20.7 Å². The van der Waals surface area contributed by atoms with Crippen molar-refractivity contribution in [2.45, 2.75) is 20.0 Å². The highest BCUT2D eigenvalue weighted by atomic mass is 32.1. The molecule has 11 heteroatoms. The van der Waals surface area contributed by atoms with Gasteiger partial charge < -0.3 is 15.7 Å². The molecule has 0 unspecified atom stereocenters. The van der Waals surface area contributed by atoms with E-state index in [-0.39, 0.29) is 21.6 Å². The monoisotopic (exact) mass is 411 g/mol. The van der Waals surface area contributed by atoms with Crippen LogP contribution in [0.5, 0.6) is 5.75 Å². The lowest BCUT2D eigenvalue weighted by atomic mass is 10.1. The van der Waals surface area contributed by atoms with Crippen LogP contribution in [0.15, 0.2) is 24.4 Å². The van der Waals surface area contributed by atoms with Gasteiger partial charge in [0, 0.05) is 18.7 Å². The lowest BCUT2D eigenvalue weighted by Crippen LogP contribution is -2.12. The number of aryl methyl sites for hydroxylation is 2. The van der Waals surface area contributed by atoms with Gasteiger partial charge in [-0.1, -0.05) is 17.4 Å². The quantitative estimate of drug-likeness (QED) is 0.598.